The second-order valence-corrected chi connectivity index (χ2v) is 10.3. The highest BCUT2D eigenvalue weighted by molar-refractivity contribution is 8.03. The first kappa shape index (κ1) is 20.2. The summed E-state index contributed by atoms with van der Waals surface area (Å²) in [5, 5.41) is 2.09. The van der Waals surface area contributed by atoms with Crippen LogP contribution >= 0.6 is 23.1 Å². The van der Waals surface area contributed by atoms with E-state index in [0.717, 1.165) is 31.9 Å². The average Bonchev–Trinajstić information content (AvgIpc) is 3.18. The zero-order valence-electron chi connectivity index (χ0n) is 16.0. The van der Waals surface area contributed by atoms with Crippen molar-refractivity contribution in [3.05, 3.63) is 52.5 Å². The van der Waals surface area contributed by atoms with Crippen molar-refractivity contribution in [3.63, 3.8) is 0 Å². The van der Waals surface area contributed by atoms with Crippen LogP contribution in [0.3, 0.4) is 0 Å². The van der Waals surface area contributed by atoms with Gasteiger partial charge in [-0.1, -0.05) is 35.2 Å². The van der Waals surface area contributed by atoms with E-state index in [9.17, 15) is 13.0 Å². The monoisotopic (exact) mass is 448 g/mol. The van der Waals surface area contributed by atoms with Gasteiger partial charge in [-0.05, 0) is 30.7 Å². The number of methoxy groups -OCH3 is 1. The molecule has 1 aromatic heterocycles. The number of aromatic nitrogens is 1. The topological polar surface area (TPSA) is 73.5 Å². The standard InChI is InChI=1S/C20H20N2O4S3/c1-21-15-6-3-4-7-17(15)27-19(21)13-20-22(10-5-11-29(23,24)25)16-9-8-14(26-2)12-18(16)28-20/h3-4,6-9,12-13H,5,10-11H2,1-2H3. The molecule has 2 heterocycles. The van der Waals surface area contributed by atoms with Crippen molar-refractivity contribution in [2.45, 2.75) is 11.3 Å². The molecule has 152 valence electrons. The van der Waals surface area contributed by atoms with Gasteiger partial charge in [-0.25, -0.2) is 8.42 Å². The first-order chi connectivity index (χ1) is 13.9. The van der Waals surface area contributed by atoms with Crippen LogP contribution in [0.15, 0.2) is 52.4 Å². The van der Waals surface area contributed by atoms with Crippen molar-refractivity contribution < 1.29 is 22.3 Å². The van der Waals surface area contributed by atoms with E-state index in [2.05, 4.69) is 27.7 Å². The second-order valence-electron chi connectivity index (χ2n) is 6.65. The van der Waals surface area contributed by atoms with E-state index in [1.165, 1.54) is 4.70 Å². The average molecular weight is 449 g/mol. The number of ether oxygens (including phenoxy) is 1. The summed E-state index contributed by atoms with van der Waals surface area (Å²) in [7, 11) is -0.561. The van der Waals surface area contributed by atoms with Gasteiger partial charge in [0.25, 0.3) is 5.01 Å². The van der Waals surface area contributed by atoms with Gasteiger partial charge in [-0.3, -0.25) is 0 Å². The number of nitrogens with zero attached hydrogens (tertiary/aromatic N) is 2. The molecule has 0 saturated heterocycles. The largest absolute Gasteiger partial charge is 0.748 e. The number of rotatable bonds is 6. The molecular weight excluding hydrogens is 428 g/mol. The number of anilines is 1. The molecule has 0 fully saturated rings. The molecule has 2 aromatic carbocycles. The van der Waals surface area contributed by atoms with Crippen molar-refractivity contribution in [1.82, 2.24) is 0 Å². The summed E-state index contributed by atoms with van der Waals surface area (Å²) in [6.45, 7) is 0.453. The molecular formula is C20H20N2O4S3. The molecule has 0 N–H and O–H groups in total. The zero-order chi connectivity index (χ0) is 20.6. The van der Waals surface area contributed by atoms with Crippen LogP contribution in [0.2, 0.25) is 0 Å². The Kier molecular flexibility index (Phi) is 5.56. The van der Waals surface area contributed by atoms with Gasteiger partial charge in [0, 0.05) is 23.3 Å². The Labute approximate surface area is 178 Å². The Hall–Kier alpha value is -2.07. The minimum absolute atomic E-state index is 0.272. The maximum Gasteiger partial charge on any atom is 0.265 e. The molecule has 0 atom stereocenters. The molecule has 3 aromatic rings. The molecule has 6 nitrogen and oxygen atoms in total. The number of benzene rings is 2. The van der Waals surface area contributed by atoms with Gasteiger partial charge in [-0.2, -0.15) is 4.57 Å². The quantitative estimate of drug-likeness (QED) is 0.424. The van der Waals surface area contributed by atoms with Crippen LogP contribution in [-0.4, -0.2) is 32.4 Å². The first-order valence-corrected chi connectivity index (χ1v) is 12.2. The maximum absolute atomic E-state index is 11.0. The predicted octanol–water partition coefficient (Wildman–Crippen LogP) is 3.58. The molecule has 0 bridgehead atoms. The summed E-state index contributed by atoms with van der Waals surface area (Å²) < 4.78 is 41.8. The SMILES string of the molecule is COc1ccc2c(c1)S/C(=C\c1sc3ccccc3[n+]1C)N2CCCS(=O)(=O)[O-]. The Morgan fingerprint density at radius 1 is 1.24 bits per heavy atom. The van der Waals surface area contributed by atoms with Gasteiger partial charge in [0.15, 0.2) is 0 Å². The number of hydrogen-bond acceptors (Lipinski definition) is 7. The van der Waals surface area contributed by atoms with Gasteiger partial charge in [0.05, 0.1) is 34.0 Å². The summed E-state index contributed by atoms with van der Waals surface area (Å²) in [5.74, 6) is 0.399. The number of para-hydroxylation sites is 1. The Morgan fingerprint density at radius 3 is 2.76 bits per heavy atom. The summed E-state index contributed by atoms with van der Waals surface area (Å²) in [6, 6.07) is 14.1. The van der Waals surface area contributed by atoms with Crippen LogP contribution in [0.1, 0.15) is 11.4 Å². The molecule has 0 saturated carbocycles. The lowest BCUT2D eigenvalue weighted by Crippen LogP contribution is -2.29. The van der Waals surface area contributed by atoms with Gasteiger partial charge in [-0.15, -0.1) is 0 Å². The highest BCUT2D eigenvalue weighted by Crippen LogP contribution is 2.48. The molecule has 4 rings (SSSR count). The predicted molar refractivity (Wildman–Crippen MR) is 116 cm³/mol. The Balaban J connectivity index is 1.71. The molecule has 1 aliphatic heterocycles. The molecule has 0 spiro atoms. The highest BCUT2D eigenvalue weighted by Gasteiger charge is 2.27. The van der Waals surface area contributed by atoms with Gasteiger partial charge < -0.3 is 14.2 Å². The van der Waals surface area contributed by atoms with Crippen molar-refractivity contribution in [3.8, 4) is 5.75 Å². The number of hydrogen-bond donors (Lipinski definition) is 0. The fraction of sp³-hybridized carbons (Fsp3) is 0.250. The smallest absolute Gasteiger partial charge is 0.265 e. The third-order valence-corrected chi connectivity index (χ3v) is 7.78. The summed E-state index contributed by atoms with van der Waals surface area (Å²) in [6.07, 6.45) is 2.39. The fourth-order valence-corrected chi connectivity index (χ4v) is 6.10. The summed E-state index contributed by atoms with van der Waals surface area (Å²) in [4.78, 5) is 3.12. The van der Waals surface area contributed by atoms with Gasteiger partial charge >= 0.3 is 0 Å². The lowest BCUT2D eigenvalue weighted by molar-refractivity contribution is -0.642. The third kappa shape index (κ3) is 4.28. The molecule has 0 unspecified atom stereocenters. The second kappa shape index (κ2) is 7.98. The van der Waals surface area contributed by atoms with Crippen LogP contribution in [0.4, 0.5) is 5.69 Å². The number of fused-ring (bicyclic) bond motifs is 2. The van der Waals surface area contributed by atoms with Gasteiger partial charge in [0.2, 0.25) is 5.52 Å². The zero-order valence-corrected chi connectivity index (χ0v) is 18.4. The van der Waals surface area contributed by atoms with Crippen LogP contribution in [0, 0.1) is 0 Å². The molecule has 1 aliphatic rings. The minimum Gasteiger partial charge on any atom is -0.748 e. The molecule has 9 heteroatoms. The minimum atomic E-state index is -4.23. The third-order valence-electron chi connectivity index (χ3n) is 4.73. The van der Waals surface area contributed by atoms with Crippen molar-refractivity contribution in [2.24, 2.45) is 7.05 Å². The molecule has 0 aliphatic carbocycles. The van der Waals surface area contributed by atoms with E-state index in [0.29, 0.717) is 6.54 Å². The molecule has 29 heavy (non-hydrogen) atoms. The number of thiazole rings is 1. The number of aryl methyl sites for hydroxylation is 1. The molecule has 0 amide bonds. The fourth-order valence-electron chi connectivity index (χ4n) is 3.30. The van der Waals surface area contributed by atoms with Crippen molar-refractivity contribution in [2.75, 3.05) is 24.3 Å². The first-order valence-electron chi connectivity index (χ1n) is 9.02. The maximum atomic E-state index is 11.0. The Bertz CT molecular complexity index is 1200. The lowest BCUT2D eigenvalue weighted by Gasteiger charge is -2.20. The van der Waals surface area contributed by atoms with E-state index in [1.807, 2.05) is 37.4 Å². The number of thioether (sulfide) groups is 1. The lowest BCUT2D eigenvalue weighted by atomic mass is 10.2. The highest BCUT2D eigenvalue weighted by atomic mass is 32.2. The van der Waals surface area contributed by atoms with E-state index >= 15 is 0 Å². The summed E-state index contributed by atoms with van der Waals surface area (Å²) >= 11 is 3.32. The Morgan fingerprint density at radius 2 is 2.03 bits per heavy atom. The molecule has 0 radical (unpaired) electrons. The van der Waals surface area contributed by atoms with Crippen LogP contribution < -0.4 is 14.2 Å². The van der Waals surface area contributed by atoms with Crippen molar-refractivity contribution >= 4 is 55.2 Å². The van der Waals surface area contributed by atoms with Crippen LogP contribution in [-0.2, 0) is 17.2 Å². The van der Waals surface area contributed by atoms with E-state index in [4.69, 9.17) is 4.74 Å². The summed E-state index contributed by atoms with van der Waals surface area (Å²) in [5.41, 5.74) is 2.16. The van der Waals surface area contributed by atoms with E-state index < -0.39 is 10.1 Å². The van der Waals surface area contributed by atoms with E-state index in [-0.39, 0.29) is 12.2 Å². The normalized spacial score (nSPS) is 15.3. The van der Waals surface area contributed by atoms with Crippen molar-refractivity contribution in [1.29, 1.82) is 0 Å². The van der Waals surface area contributed by atoms with E-state index in [1.54, 1.807) is 30.2 Å². The van der Waals surface area contributed by atoms with Crippen LogP contribution in [0.5, 0.6) is 5.75 Å². The van der Waals surface area contributed by atoms with Crippen LogP contribution in [0.25, 0.3) is 16.3 Å². The van der Waals surface area contributed by atoms with Gasteiger partial charge in [0.1, 0.15) is 17.5 Å².